The molecule has 0 aliphatic rings. The number of aromatic amines is 1. The zero-order valence-electron chi connectivity index (χ0n) is 9.74. The van der Waals surface area contributed by atoms with E-state index in [9.17, 15) is 0 Å². The molecule has 0 spiro atoms. The summed E-state index contributed by atoms with van der Waals surface area (Å²) in [5.41, 5.74) is 9.27. The normalized spacial score (nSPS) is 10.8. The molecule has 0 aliphatic carbocycles. The molecular weight excluding hydrogens is 328 g/mol. The molecule has 0 fully saturated rings. The molecular formula is C13H10BrClN4. The Labute approximate surface area is 123 Å². The van der Waals surface area contributed by atoms with Crippen LogP contribution in [0.4, 0.5) is 17.1 Å². The van der Waals surface area contributed by atoms with E-state index in [0.717, 1.165) is 26.8 Å². The second-order valence-corrected chi connectivity index (χ2v) is 5.44. The number of hydrogen-bond donors (Lipinski definition) is 3. The highest BCUT2D eigenvalue weighted by atomic mass is 79.9. The van der Waals surface area contributed by atoms with Crippen molar-refractivity contribution in [2.24, 2.45) is 0 Å². The average molecular weight is 338 g/mol. The maximum absolute atomic E-state index is 6.03. The van der Waals surface area contributed by atoms with Crippen molar-refractivity contribution in [1.82, 2.24) is 10.2 Å². The smallest absolute Gasteiger partial charge is 0.0672 e. The van der Waals surface area contributed by atoms with E-state index >= 15 is 0 Å². The van der Waals surface area contributed by atoms with Crippen molar-refractivity contribution in [2.75, 3.05) is 11.1 Å². The number of fused-ring (bicyclic) bond motifs is 1. The molecule has 3 rings (SSSR count). The third-order valence-electron chi connectivity index (χ3n) is 2.81. The van der Waals surface area contributed by atoms with E-state index < -0.39 is 0 Å². The number of anilines is 3. The van der Waals surface area contributed by atoms with Crippen molar-refractivity contribution in [3.05, 3.63) is 46.0 Å². The number of halogens is 2. The van der Waals surface area contributed by atoms with Crippen LogP contribution in [0, 0.1) is 0 Å². The van der Waals surface area contributed by atoms with Gasteiger partial charge in [0.1, 0.15) is 0 Å². The highest BCUT2D eigenvalue weighted by Gasteiger charge is 2.06. The lowest BCUT2D eigenvalue weighted by molar-refractivity contribution is 1.12. The lowest BCUT2D eigenvalue weighted by Gasteiger charge is -2.11. The molecule has 1 heterocycles. The maximum atomic E-state index is 6.03. The summed E-state index contributed by atoms with van der Waals surface area (Å²) in [5.74, 6) is 0. The first-order chi connectivity index (χ1) is 9.13. The highest BCUT2D eigenvalue weighted by Crippen LogP contribution is 2.32. The summed E-state index contributed by atoms with van der Waals surface area (Å²) in [4.78, 5) is 0. The number of nitrogen functional groups attached to an aromatic ring is 1. The van der Waals surface area contributed by atoms with Gasteiger partial charge in [0.2, 0.25) is 0 Å². The van der Waals surface area contributed by atoms with Crippen molar-refractivity contribution in [3.8, 4) is 0 Å². The van der Waals surface area contributed by atoms with Crippen molar-refractivity contribution in [2.45, 2.75) is 0 Å². The monoisotopic (exact) mass is 336 g/mol. The summed E-state index contributed by atoms with van der Waals surface area (Å²) in [5, 5.41) is 11.8. The molecule has 0 bridgehead atoms. The van der Waals surface area contributed by atoms with Crippen LogP contribution in [0.2, 0.25) is 5.02 Å². The summed E-state index contributed by atoms with van der Waals surface area (Å²) >= 11 is 9.46. The Morgan fingerprint density at radius 2 is 2.05 bits per heavy atom. The topological polar surface area (TPSA) is 66.7 Å². The van der Waals surface area contributed by atoms with E-state index in [1.807, 2.05) is 30.3 Å². The summed E-state index contributed by atoms with van der Waals surface area (Å²) in [6, 6.07) is 9.33. The van der Waals surface area contributed by atoms with Crippen LogP contribution in [0.5, 0.6) is 0 Å². The summed E-state index contributed by atoms with van der Waals surface area (Å²) in [6.07, 6.45) is 1.74. The predicted molar refractivity (Wildman–Crippen MR) is 82.9 cm³/mol. The van der Waals surface area contributed by atoms with Gasteiger partial charge >= 0.3 is 0 Å². The molecule has 0 saturated heterocycles. The Kier molecular flexibility index (Phi) is 3.08. The molecule has 0 saturated carbocycles. The van der Waals surface area contributed by atoms with Gasteiger partial charge in [-0.05, 0) is 46.3 Å². The zero-order chi connectivity index (χ0) is 13.4. The lowest BCUT2D eigenvalue weighted by Crippen LogP contribution is -1.97. The third kappa shape index (κ3) is 2.39. The number of H-pyrrole nitrogens is 1. The van der Waals surface area contributed by atoms with E-state index in [1.54, 1.807) is 6.20 Å². The van der Waals surface area contributed by atoms with Crippen molar-refractivity contribution >= 4 is 55.5 Å². The summed E-state index contributed by atoms with van der Waals surface area (Å²) in [7, 11) is 0. The van der Waals surface area contributed by atoms with Gasteiger partial charge in [0.05, 0.1) is 28.8 Å². The van der Waals surface area contributed by atoms with Gasteiger partial charge in [-0.3, -0.25) is 5.10 Å². The molecule has 0 amide bonds. The van der Waals surface area contributed by atoms with E-state index in [2.05, 4.69) is 31.4 Å². The molecule has 6 heteroatoms. The fraction of sp³-hybridized carbons (Fsp3) is 0. The lowest BCUT2D eigenvalue weighted by atomic mass is 10.2. The summed E-state index contributed by atoms with van der Waals surface area (Å²) < 4.78 is 0.918. The second-order valence-electron chi connectivity index (χ2n) is 4.15. The van der Waals surface area contributed by atoms with Gasteiger partial charge < -0.3 is 11.1 Å². The fourth-order valence-corrected chi connectivity index (χ4v) is 2.37. The number of benzene rings is 2. The minimum atomic E-state index is 0.653. The Bertz CT molecular complexity index is 753. The second kappa shape index (κ2) is 4.75. The molecule has 0 radical (unpaired) electrons. The Balaban J connectivity index is 2.04. The van der Waals surface area contributed by atoms with Gasteiger partial charge in [-0.25, -0.2) is 0 Å². The standard InChI is InChI=1S/C13H10BrClN4/c14-9-2-1-8(15)4-12(9)18-13-5-11-7(3-10(13)16)6-17-19-11/h1-6,18H,16H2,(H,17,19). The molecule has 19 heavy (non-hydrogen) atoms. The molecule has 1 aromatic heterocycles. The number of nitrogens with one attached hydrogen (secondary N) is 2. The molecule has 0 atom stereocenters. The van der Waals surface area contributed by atoms with Crippen LogP contribution in [0.25, 0.3) is 10.9 Å². The van der Waals surface area contributed by atoms with E-state index in [4.69, 9.17) is 17.3 Å². The SMILES string of the molecule is Nc1cc2cn[nH]c2cc1Nc1cc(Cl)ccc1Br. The van der Waals surface area contributed by atoms with Gasteiger partial charge in [0.25, 0.3) is 0 Å². The van der Waals surface area contributed by atoms with Crippen LogP contribution in [0.15, 0.2) is 41.0 Å². The first-order valence-corrected chi connectivity index (χ1v) is 6.75. The number of rotatable bonds is 2. The molecule has 2 aromatic carbocycles. The van der Waals surface area contributed by atoms with Gasteiger partial charge in [0, 0.05) is 14.9 Å². The Morgan fingerprint density at radius 3 is 2.89 bits per heavy atom. The quantitative estimate of drug-likeness (QED) is 0.611. The van der Waals surface area contributed by atoms with Crippen molar-refractivity contribution in [3.63, 3.8) is 0 Å². The minimum Gasteiger partial charge on any atom is -0.397 e. The number of hydrogen-bond acceptors (Lipinski definition) is 3. The number of aromatic nitrogens is 2. The molecule has 3 aromatic rings. The molecule has 4 N–H and O–H groups in total. The van der Waals surface area contributed by atoms with E-state index in [1.165, 1.54) is 0 Å². The molecule has 4 nitrogen and oxygen atoms in total. The molecule has 96 valence electrons. The number of nitrogens with zero attached hydrogens (tertiary/aromatic N) is 1. The minimum absolute atomic E-state index is 0.653. The first-order valence-electron chi connectivity index (χ1n) is 5.58. The number of nitrogens with two attached hydrogens (primary N) is 1. The van der Waals surface area contributed by atoms with Crippen LogP contribution in [0.3, 0.4) is 0 Å². The van der Waals surface area contributed by atoms with Crippen LogP contribution >= 0.6 is 27.5 Å². The van der Waals surface area contributed by atoms with Gasteiger partial charge in [-0.1, -0.05) is 11.6 Å². The van der Waals surface area contributed by atoms with Crippen LogP contribution < -0.4 is 11.1 Å². The third-order valence-corrected chi connectivity index (χ3v) is 3.73. The van der Waals surface area contributed by atoms with Crippen LogP contribution in [-0.2, 0) is 0 Å². The van der Waals surface area contributed by atoms with E-state index in [0.29, 0.717) is 10.7 Å². The molecule has 0 unspecified atom stereocenters. The van der Waals surface area contributed by atoms with E-state index in [-0.39, 0.29) is 0 Å². The van der Waals surface area contributed by atoms with Gasteiger partial charge in [-0.2, -0.15) is 5.10 Å². The van der Waals surface area contributed by atoms with Crippen LogP contribution in [-0.4, -0.2) is 10.2 Å². The predicted octanol–water partition coefficient (Wildman–Crippen LogP) is 4.30. The van der Waals surface area contributed by atoms with Crippen molar-refractivity contribution in [1.29, 1.82) is 0 Å². The first kappa shape index (κ1) is 12.3. The zero-order valence-corrected chi connectivity index (χ0v) is 12.1. The van der Waals surface area contributed by atoms with Gasteiger partial charge in [0.15, 0.2) is 0 Å². The van der Waals surface area contributed by atoms with Crippen molar-refractivity contribution < 1.29 is 0 Å². The fourth-order valence-electron chi connectivity index (χ4n) is 1.86. The van der Waals surface area contributed by atoms with Gasteiger partial charge in [-0.15, -0.1) is 0 Å². The highest BCUT2D eigenvalue weighted by molar-refractivity contribution is 9.10. The van der Waals surface area contributed by atoms with Crippen LogP contribution in [0.1, 0.15) is 0 Å². The Hall–Kier alpha value is -1.72. The average Bonchev–Trinajstić information content (AvgIpc) is 2.81. The molecule has 0 aliphatic heterocycles. The Morgan fingerprint density at radius 1 is 1.21 bits per heavy atom. The summed E-state index contributed by atoms with van der Waals surface area (Å²) in [6.45, 7) is 0. The maximum Gasteiger partial charge on any atom is 0.0672 e. The largest absolute Gasteiger partial charge is 0.397 e.